The highest BCUT2D eigenvalue weighted by molar-refractivity contribution is 5.92. The van der Waals surface area contributed by atoms with Gasteiger partial charge in [-0.1, -0.05) is 27.7 Å². The summed E-state index contributed by atoms with van der Waals surface area (Å²) < 4.78 is 28.5. The number of nitrogen functional groups attached to an aromatic ring is 1. The number of furan rings is 2. The Labute approximate surface area is 387 Å². The number of carbonyl (C=O) groups excluding carboxylic acids is 1. The number of benzene rings is 1. The third kappa shape index (κ3) is 8.46. The predicted octanol–water partition coefficient (Wildman–Crippen LogP) is 5.74. The molecule has 23 nitrogen and oxygen atoms in total. The fourth-order valence-corrected chi connectivity index (χ4v) is 8.42. The molecule has 0 saturated carbocycles. The summed E-state index contributed by atoms with van der Waals surface area (Å²) in [5.41, 5.74) is 9.18. The number of carboxylic acid groups (broad SMARTS) is 1. The zero-order valence-electron chi connectivity index (χ0n) is 38.1. The standard InChI is InChI=1S/C45H50N16O7/c1-25(2)19-32(42(62)57-14-12-56(13-15-57)28-8-10-29(11-9-28)66-18-17-65-5)58-22-31-37(53-58)51-45(61-41(31)48-38(55-61)34-7-6-16-67-34)47-27-21-35(68-24-27)39-49-40-30-23-59(33(43(63)64)20-26(3)4)52-36(30)50-44(46)60(40)54-39/h6-11,16,21-26,32-33H,12-15,17-20H2,1-5H3,(H,63,64)(H2,46,50,52)(H,47,51,53). The summed E-state index contributed by atoms with van der Waals surface area (Å²) in [6, 6.07) is 11.7. The van der Waals surface area contributed by atoms with E-state index in [1.807, 2.05) is 49.2 Å². The number of rotatable bonds is 17. The summed E-state index contributed by atoms with van der Waals surface area (Å²) in [5.74, 6) is 1.56. The van der Waals surface area contributed by atoms with Crippen LogP contribution in [-0.4, -0.2) is 127 Å². The second kappa shape index (κ2) is 18.0. The van der Waals surface area contributed by atoms with Gasteiger partial charge in [0, 0.05) is 57.4 Å². The minimum absolute atomic E-state index is 0.0117. The lowest BCUT2D eigenvalue weighted by atomic mass is 10.0. The van der Waals surface area contributed by atoms with Gasteiger partial charge in [-0.05, 0) is 61.1 Å². The second-order valence-corrected chi connectivity index (χ2v) is 17.5. The van der Waals surface area contributed by atoms with Crippen molar-refractivity contribution in [3.05, 3.63) is 67.4 Å². The lowest BCUT2D eigenvalue weighted by Crippen LogP contribution is -2.50. The van der Waals surface area contributed by atoms with Crippen LogP contribution in [0.1, 0.15) is 52.6 Å². The van der Waals surface area contributed by atoms with Gasteiger partial charge in [0.15, 0.2) is 34.1 Å². The highest BCUT2D eigenvalue weighted by Crippen LogP contribution is 2.32. The maximum absolute atomic E-state index is 14.5. The summed E-state index contributed by atoms with van der Waals surface area (Å²) in [7, 11) is 1.64. The third-order valence-electron chi connectivity index (χ3n) is 11.7. The molecule has 0 spiro atoms. The van der Waals surface area contributed by atoms with Gasteiger partial charge >= 0.3 is 5.97 Å². The van der Waals surface area contributed by atoms with Crippen LogP contribution in [0.25, 0.3) is 56.5 Å². The molecule has 1 fully saturated rings. The predicted molar refractivity (Wildman–Crippen MR) is 248 cm³/mol. The van der Waals surface area contributed by atoms with Crippen molar-refractivity contribution >= 4 is 68.5 Å². The number of piperazine rings is 1. The number of nitrogens with two attached hydrogens (primary N) is 1. The van der Waals surface area contributed by atoms with Gasteiger partial charge in [-0.15, -0.1) is 10.2 Å². The van der Waals surface area contributed by atoms with Crippen molar-refractivity contribution < 1.29 is 33.0 Å². The first-order chi connectivity index (χ1) is 32.9. The summed E-state index contributed by atoms with van der Waals surface area (Å²) >= 11 is 0. The van der Waals surface area contributed by atoms with Gasteiger partial charge in [-0.2, -0.15) is 29.2 Å². The Morgan fingerprint density at radius 1 is 0.779 bits per heavy atom. The number of ether oxygens (including phenoxy) is 2. The first kappa shape index (κ1) is 43.8. The molecule has 352 valence electrons. The monoisotopic (exact) mass is 926 g/mol. The molecule has 2 unspecified atom stereocenters. The number of aromatic nitrogens is 12. The van der Waals surface area contributed by atoms with Gasteiger partial charge < -0.3 is 44.3 Å². The maximum atomic E-state index is 14.5. The Balaban J connectivity index is 0.931. The maximum Gasteiger partial charge on any atom is 0.328 e. The molecular weight excluding hydrogens is 877 g/mol. The number of carbonyl (C=O) groups is 2. The zero-order valence-corrected chi connectivity index (χ0v) is 38.1. The molecule has 1 aliphatic rings. The largest absolute Gasteiger partial charge is 0.491 e. The number of nitrogens with zero attached hydrogens (tertiary/aromatic N) is 14. The lowest BCUT2D eigenvalue weighted by molar-refractivity contribution is -0.141. The number of fused-ring (bicyclic) bond motifs is 6. The average Bonchev–Trinajstić information content (AvgIpc) is 4.18. The molecule has 1 saturated heterocycles. The number of carboxylic acids is 1. The van der Waals surface area contributed by atoms with E-state index in [4.69, 9.17) is 49.2 Å². The fourth-order valence-electron chi connectivity index (χ4n) is 8.42. The van der Waals surface area contributed by atoms with Crippen molar-refractivity contribution in [3.63, 3.8) is 0 Å². The molecule has 10 rings (SSSR count). The van der Waals surface area contributed by atoms with Crippen LogP contribution in [0, 0.1) is 11.8 Å². The molecule has 9 heterocycles. The lowest BCUT2D eigenvalue weighted by Gasteiger charge is -2.37. The van der Waals surface area contributed by atoms with E-state index in [2.05, 4.69) is 39.2 Å². The van der Waals surface area contributed by atoms with Crippen LogP contribution in [0.5, 0.6) is 5.75 Å². The van der Waals surface area contributed by atoms with Gasteiger partial charge in [-0.3, -0.25) is 14.2 Å². The van der Waals surface area contributed by atoms with Crippen molar-refractivity contribution in [2.24, 2.45) is 11.8 Å². The smallest absolute Gasteiger partial charge is 0.328 e. The molecule has 0 bridgehead atoms. The Morgan fingerprint density at radius 2 is 1.43 bits per heavy atom. The molecule has 23 heteroatoms. The van der Waals surface area contributed by atoms with E-state index in [0.717, 1.165) is 11.4 Å². The molecule has 0 aliphatic carbocycles. The van der Waals surface area contributed by atoms with Crippen LogP contribution < -0.4 is 20.7 Å². The fraction of sp³-hybridized carbons (Fsp3) is 0.378. The number of nitrogens with one attached hydrogen (secondary N) is 1. The first-order valence-corrected chi connectivity index (χ1v) is 22.4. The number of anilines is 4. The van der Waals surface area contributed by atoms with E-state index >= 15 is 0 Å². The Bertz CT molecular complexity index is 3250. The van der Waals surface area contributed by atoms with Crippen LogP contribution in [0.4, 0.5) is 23.3 Å². The Kier molecular flexibility index (Phi) is 11.6. The van der Waals surface area contributed by atoms with E-state index in [1.54, 1.807) is 47.0 Å². The topological polar surface area (TPSA) is 265 Å². The molecule has 8 aromatic heterocycles. The second-order valence-electron chi connectivity index (χ2n) is 17.5. The van der Waals surface area contributed by atoms with Crippen LogP contribution in [-0.2, 0) is 14.3 Å². The summed E-state index contributed by atoms with van der Waals surface area (Å²) in [5, 5.41) is 33.0. The molecule has 68 heavy (non-hydrogen) atoms. The van der Waals surface area contributed by atoms with E-state index in [-0.39, 0.29) is 46.9 Å². The van der Waals surface area contributed by atoms with Gasteiger partial charge in [0.05, 0.1) is 29.3 Å². The molecule has 0 radical (unpaired) electrons. The molecule has 1 amide bonds. The molecule has 9 aromatic rings. The minimum Gasteiger partial charge on any atom is -0.491 e. The number of aliphatic carboxylic acids is 1. The van der Waals surface area contributed by atoms with Crippen molar-refractivity contribution in [2.75, 3.05) is 62.5 Å². The highest BCUT2D eigenvalue weighted by Gasteiger charge is 2.32. The third-order valence-corrected chi connectivity index (χ3v) is 11.7. The normalized spacial score (nSPS) is 14.3. The SMILES string of the molecule is COCCOc1ccc(N2CCN(C(=O)C(CC(C)C)n3cc4c(nc(Nc5coc(-c6nc7c8cn(C(CC(C)C)C(=O)O)nc8nc(N)n7n6)c5)n5nc(-c6ccco6)nc45)n3)CC2)cc1. The van der Waals surface area contributed by atoms with Crippen molar-refractivity contribution in [1.82, 2.24) is 63.6 Å². The highest BCUT2D eigenvalue weighted by atomic mass is 16.5. The number of amides is 1. The van der Waals surface area contributed by atoms with Crippen molar-refractivity contribution in [3.8, 4) is 28.9 Å². The van der Waals surface area contributed by atoms with Crippen molar-refractivity contribution in [2.45, 2.75) is 52.6 Å². The van der Waals surface area contributed by atoms with E-state index in [1.165, 1.54) is 15.5 Å². The Hall–Kier alpha value is -8.08. The number of hydrogen-bond donors (Lipinski definition) is 3. The quantitative estimate of drug-likeness (QED) is 0.0919. The van der Waals surface area contributed by atoms with Crippen LogP contribution in [0.15, 0.2) is 76.2 Å². The number of methoxy groups -OCH3 is 1. The molecule has 4 N–H and O–H groups in total. The Morgan fingerprint density at radius 3 is 2.09 bits per heavy atom. The summed E-state index contributed by atoms with van der Waals surface area (Å²) in [6.45, 7) is 11.5. The molecular formula is C45H50N16O7. The van der Waals surface area contributed by atoms with E-state index in [0.29, 0.717) is 97.2 Å². The van der Waals surface area contributed by atoms with E-state index < -0.39 is 18.1 Å². The molecule has 1 aromatic carbocycles. The van der Waals surface area contributed by atoms with Crippen LogP contribution >= 0.6 is 0 Å². The zero-order chi connectivity index (χ0) is 47.2. The number of hydrogen-bond acceptors (Lipinski definition) is 17. The van der Waals surface area contributed by atoms with Gasteiger partial charge in [0.25, 0.3) is 0 Å². The summed E-state index contributed by atoms with van der Waals surface area (Å²) in [4.78, 5) is 49.7. The van der Waals surface area contributed by atoms with E-state index in [9.17, 15) is 14.7 Å². The summed E-state index contributed by atoms with van der Waals surface area (Å²) in [6.07, 6.45) is 7.36. The van der Waals surface area contributed by atoms with Crippen molar-refractivity contribution in [1.29, 1.82) is 0 Å². The van der Waals surface area contributed by atoms with Crippen LogP contribution in [0.2, 0.25) is 0 Å². The van der Waals surface area contributed by atoms with Gasteiger partial charge in [0.1, 0.15) is 30.7 Å². The molecule has 1 aliphatic heterocycles. The minimum atomic E-state index is -1.01. The first-order valence-electron chi connectivity index (χ1n) is 22.4. The van der Waals surface area contributed by atoms with Crippen LogP contribution in [0.3, 0.4) is 0 Å². The van der Waals surface area contributed by atoms with Gasteiger partial charge in [0.2, 0.25) is 29.5 Å². The van der Waals surface area contributed by atoms with Gasteiger partial charge in [-0.25, -0.2) is 14.8 Å². The molecule has 2 atom stereocenters. The average molecular weight is 927 g/mol.